The number of hydrogen-bond acceptors (Lipinski definition) is 4. The summed E-state index contributed by atoms with van der Waals surface area (Å²) in [6, 6.07) is 2.74. The third-order valence-electron chi connectivity index (χ3n) is 2.05. The van der Waals surface area contributed by atoms with Crippen molar-refractivity contribution < 1.29 is 28.9 Å². The van der Waals surface area contributed by atoms with Crippen LogP contribution in [0.3, 0.4) is 0 Å². The van der Waals surface area contributed by atoms with Gasteiger partial charge in [0, 0.05) is 5.56 Å². The Labute approximate surface area is 96.4 Å². The number of carbonyl (C=O) groups excluding carboxylic acids is 1. The van der Waals surface area contributed by atoms with Gasteiger partial charge in [-0.3, -0.25) is 0 Å². The van der Waals surface area contributed by atoms with E-state index in [2.05, 4.69) is 4.74 Å². The lowest BCUT2D eigenvalue weighted by Gasteiger charge is -2.12. The fourth-order valence-electron chi connectivity index (χ4n) is 1.30. The number of halogens is 1. The van der Waals surface area contributed by atoms with Crippen molar-refractivity contribution in [1.82, 2.24) is 0 Å². The molecule has 0 aromatic heterocycles. The van der Waals surface area contributed by atoms with Crippen LogP contribution in [0.5, 0.6) is 0 Å². The molecule has 0 spiro atoms. The minimum Gasteiger partial charge on any atom is -0.478 e. The SMILES string of the molecule is CCOC(=O)C(O)c1ccc(F)cc1C(=O)O. The molecule has 17 heavy (non-hydrogen) atoms. The molecule has 6 heteroatoms. The topological polar surface area (TPSA) is 83.8 Å². The maximum atomic E-state index is 12.9. The van der Waals surface area contributed by atoms with Gasteiger partial charge in [0.2, 0.25) is 0 Å². The van der Waals surface area contributed by atoms with E-state index in [0.717, 1.165) is 18.2 Å². The van der Waals surface area contributed by atoms with E-state index < -0.39 is 29.4 Å². The molecule has 0 heterocycles. The summed E-state index contributed by atoms with van der Waals surface area (Å²) in [7, 11) is 0. The van der Waals surface area contributed by atoms with Crippen molar-refractivity contribution in [2.45, 2.75) is 13.0 Å². The Morgan fingerprint density at radius 3 is 2.65 bits per heavy atom. The standard InChI is InChI=1S/C11H11FO5/c1-2-17-11(16)9(13)7-4-3-6(12)5-8(7)10(14)15/h3-5,9,13H,2H2,1H3,(H,14,15). The summed E-state index contributed by atoms with van der Waals surface area (Å²) in [6.45, 7) is 1.60. The number of carboxylic acids is 1. The number of aliphatic hydroxyl groups excluding tert-OH is 1. The molecule has 0 fully saturated rings. The van der Waals surface area contributed by atoms with Crippen LogP contribution in [0, 0.1) is 5.82 Å². The van der Waals surface area contributed by atoms with E-state index in [-0.39, 0.29) is 12.2 Å². The van der Waals surface area contributed by atoms with Crippen molar-refractivity contribution in [3.63, 3.8) is 0 Å². The predicted octanol–water partition coefficient (Wildman–Crippen LogP) is 1.12. The summed E-state index contributed by atoms with van der Waals surface area (Å²) in [5.41, 5.74) is -0.664. The molecule has 1 aromatic rings. The molecule has 0 saturated heterocycles. The van der Waals surface area contributed by atoms with Crippen molar-refractivity contribution in [3.05, 3.63) is 35.1 Å². The minimum absolute atomic E-state index is 0.0551. The highest BCUT2D eigenvalue weighted by Crippen LogP contribution is 2.20. The zero-order valence-electron chi connectivity index (χ0n) is 9.01. The van der Waals surface area contributed by atoms with Gasteiger partial charge in [-0.2, -0.15) is 0 Å². The summed E-state index contributed by atoms with van der Waals surface area (Å²) < 4.78 is 17.4. The van der Waals surface area contributed by atoms with E-state index in [1.54, 1.807) is 6.92 Å². The van der Waals surface area contributed by atoms with Crippen molar-refractivity contribution >= 4 is 11.9 Å². The largest absolute Gasteiger partial charge is 0.478 e. The predicted molar refractivity (Wildman–Crippen MR) is 55.0 cm³/mol. The Bertz CT molecular complexity index is 443. The van der Waals surface area contributed by atoms with Gasteiger partial charge in [-0.05, 0) is 19.1 Å². The first-order chi connectivity index (χ1) is 7.97. The summed E-state index contributed by atoms with van der Waals surface area (Å²) in [4.78, 5) is 22.1. The Morgan fingerprint density at radius 1 is 1.47 bits per heavy atom. The number of carbonyl (C=O) groups is 2. The molecule has 0 aliphatic heterocycles. The second-order valence-electron chi connectivity index (χ2n) is 3.19. The van der Waals surface area contributed by atoms with E-state index >= 15 is 0 Å². The first-order valence-corrected chi connectivity index (χ1v) is 4.84. The van der Waals surface area contributed by atoms with Crippen molar-refractivity contribution in [1.29, 1.82) is 0 Å². The number of aromatic carboxylic acids is 1. The lowest BCUT2D eigenvalue weighted by molar-refractivity contribution is -0.153. The molecule has 0 aliphatic carbocycles. The third kappa shape index (κ3) is 3.01. The van der Waals surface area contributed by atoms with Crippen molar-refractivity contribution in [3.8, 4) is 0 Å². The van der Waals surface area contributed by atoms with E-state index in [0.29, 0.717) is 0 Å². The van der Waals surface area contributed by atoms with E-state index in [1.165, 1.54) is 0 Å². The molecule has 1 atom stereocenters. The lowest BCUT2D eigenvalue weighted by Crippen LogP contribution is -2.18. The maximum Gasteiger partial charge on any atom is 0.339 e. The molecule has 0 amide bonds. The number of carboxylic acid groups (broad SMARTS) is 1. The normalized spacial score (nSPS) is 11.9. The fraction of sp³-hybridized carbons (Fsp3) is 0.273. The van der Waals surface area contributed by atoms with Crippen LogP contribution in [-0.2, 0) is 9.53 Å². The number of aliphatic hydroxyl groups is 1. The first kappa shape index (κ1) is 13.1. The first-order valence-electron chi connectivity index (χ1n) is 4.84. The Kier molecular flexibility index (Phi) is 4.17. The number of rotatable bonds is 4. The zero-order chi connectivity index (χ0) is 13.0. The van der Waals surface area contributed by atoms with Crippen molar-refractivity contribution in [2.75, 3.05) is 6.61 Å². The molecular formula is C11H11FO5. The van der Waals surface area contributed by atoms with Crippen LogP contribution in [0.25, 0.3) is 0 Å². The van der Waals surface area contributed by atoms with Crippen LogP contribution < -0.4 is 0 Å². The van der Waals surface area contributed by atoms with Crippen molar-refractivity contribution in [2.24, 2.45) is 0 Å². The average Bonchev–Trinajstić information content (AvgIpc) is 2.28. The minimum atomic E-state index is -1.73. The second-order valence-corrected chi connectivity index (χ2v) is 3.19. The van der Waals surface area contributed by atoms with E-state index in [1.807, 2.05) is 0 Å². The smallest absolute Gasteiger partial charge is 0.339 e. The number of ether oxygens (including phenoxy) is 1. The highest BCUT2D eigenvalue weighted by atomic mass is 19.1. The Hall–Kier alpha value is -1.95. The van der Waals surface area contributed by atoms with Crippen LogP contribution >= 0.6 is 0 Å². The van der Waals surface area contributed by atoms with Crippen LogP contribution in [0.4, 0.5) is 4.39 Å². The third-order valence-corrected chi connectivity index (χ3v) is 2.05. The molecule has 0 saturated carbocycles. The summed E-state index contributed by atoms with van der Waals surface area (Å²) >= 11 is 0. The molecule has 0 aliphatic rings. The lowest BCUT2D eigenvalue weighted by atomic mass is 10.0. The Morgan fingerprint density at radius 2 is 2.12 bits per heavy atom. The summed E-state index contributed by atoms with van der Waals surface area (Å²) in [6.07, 6.45) is -1.73. The molecule has 1 rings (SSSR count). The van der Waals surface area contributed by atoms with Gasteiger partial charge in [0.15, 0.2) is 6.10 Å². The van der Waals surface area contributed by atoms with E-state index in [9.17, 15) is 19.1 Å². The van der Waals surface area contributed by atoms with Crippen LogP contribution in [0.15, 0.2) is 18.2 Å². The molecule has 5 nitrogen and oxygen atoms in total. The summed E-state index contributed by atoms with van der Waals surface area (Å²) in [5.74, 6) is -3.16. The molecule has 1 aromatic carbocycles. The van der Waals surface area contributed by atoms with Crippen LogP contribution in [-0.4, -0.2) is 28.8 Å². The van der Waals surface area contributed by atoms with Gasteiger partial charge in [-0.25, -0.2) is 14.0 Å². The van der Waals surface area contributed by atoms with Gasteiger partial charge in [0.05, 0.1) is 12.2 Å². The zero-order valence-corrected chi connectivity index (χ0v) is 9.01. The maximum absolute atomic E-state index is 12.9. The fourth-order valence-corrected chi connectivity index (χ4v) is 1.30. The van der Waals surface area contributed by atoms with Gasteiger partial charge in [-0.15, -0.1) is 0 Å². The van der Waals surface area contributed by atoms with Gasteiger partial charge < -0.3 is 14.9 Å². The van der Waals surface area contributed by atoms with E-state index in [4.69, 9.17) is 5.11 Å². The molecular weight excluding hydrogens is 231 g/mol. The molecule has 0 bridgehead atoms. The number of esters is 1. The highest BCUT2D eigenvalue weighted by molar-refractivity contribution is 5.91. The average molecular weight is 242 g/mol. The van der Waals surface area contributed by atoms with Gasteiger partial charge in [-0.1, -0.05) is 6.07 Å². The second kappa shape index (κ2) is 5.40. The van der Waals surface area contributed by atoms with Crippen LogP contribution in [0.1, 0.15) is 28.9 Å². The molecule has 0 radical (unpaired) electrons. The quantitative estimate of drug-likeness (QED) is 0.773. The van der Waals surface area contributed by atoms with Gasteiger partial charge in [0.25, 0.3) is 0 Å². The number of benzene rings is 1. The van der Waals surface area contributed by atoms with Crippen LogP contribution in [0.2, 0.25) is 0 Å². The monoisotopic (exact) mass is 242 g/mol. The van der Waals surface area contributed by atoms with Gasteiger partial charge >= 0.3 is 11.9 Å². The molecule has 92 valence electrons. The molecule has 1 unspecified atom stereocenters. The molecule has 2 N–H and O–H groups in total. The highest BCUT2D eigenvalue weighted by Gasteiger charge is 2.24. The Balaban J connectivity index is 3.12. The van der Waals surface area contributed by atoms with Gasteiger partial charge in [0.1, 0.15) is 5.82 Å². The number of hydrogen-bond donors (Lipinski definition) is 2. The summed E-state index contributed by atoms with van der Waals surface area (Å²) in [5, 5.41) is 18.4.